The Balaban J connectivity index is 1.59. The highest BCUT2D eigenvalue weighted by molar-refractivity contribution is 5.95. The van der Waals surface area contributed by atoms with Crippen LogP contribution >= 0.6 is 0 Å². The molecule has 0 bridgehead atoms. The monoisotopic (exact) mass is 431 g/mol. The Labute approximate surface area is 189 Å². The van der Waals surface area contributed by atoms with Gasteiger partial charge >= 0.3 is 12.0 Å². The number of urea groups is 1. The Kier molecular flexibility index (Phi) is 6.71. The van der Waals surface area contributed by atoms with Crippen LogP contribution in [-0.2, 0) is 16.0 Å². The van der Waals surface area contributed by atoms with Gasteiger partial charge < -0.3 is 15.4 Å². The van der Waals surface area contributed by atoms with Gasteiger partial charge in [-0.3, -0.25) is 4.90 Å². The third kappa shape index (κ3) is 4.75. The highest BCUT2D eigenvalue weighted by Gasteiger charge is 2.34. The summed E-state index contributed by atoms with van der Waals surface area (Å²) in [6, 6.07) is 17.5. The van der Waals surface area contributed by atoms with Crippen LogP contribution in [0.3, 0.4) is 0 Å². The molecule has 0 saturated heterocycles. The van der Waals surface area contributed by atoms with Crippen molar-refractivity contribution in [1.29, 1.82) is 0 Å². The van der Waals surface area contributed by atoms with Crippen LogP contribution in [-0.4, -0.2) is 43.6 Å². The standard InChI is InChI=1S/C26H29N3O3/c1-3-18-9-11-21(12-10-18)24-23(25(30)32-2)22(27-26(31)28-24)17-29-15-13-20(14-16-29)19-7-5-4-6-8-19/h4-13,24H,3,14-17H2,1-2H3,(H2,27,28,31). The van der Waals surface area contributed by atoms with E-state index in [0.717, 1.165) is 31.5 Å². The first-order valence-corrected chi connectivity index (χ1v) is 11.0. The van der Waals surface area contributed by atoms with Crippen LogP contribution in [0, 0.1) is 0 Å². The molecule has 2 amide bonds. The molecule has 2 heterocycles. The van der Waals surface area contributed by atoms with Gasteiger partial charge in [-0.1, -0.05) is 67.6 Å². The SMILES string of the molecule is CCc1ccc(C2NC(=O)NC(CN3CC=C(c4ccccc4)CC3)=C2C(=O)OC)cc1. The number of hydrogen-bond donors (Lipinski definition) is 2. The normalized spacial score (nSPS) is 19.1. The summed E-state index contributed by atoms with van der Waals surface area (Å²) in [4.78, 5) is 27.5. The predicted molar refractivity (Wildman–Crippen MR) is 125 cm³/mol. The highest BCUT2D eigenvalue weighted by atomic mass is 16.5. The summed E-state index contributed by atoms with van der Waals surface area (Å²) in [7, 11) is 1.37. The molecule has 0 saturated carbocycles. The van der Waals surface area contributed by atoms with Gasteiger partial charge in [-0.15, -0.1) is 0 Å². The quantitative estimate of drug-likeness (QED) is 0.683. The summed E-state index contributed by atoms with van der Waals surface area (Å²) < 4.78 is 5.10. The Hall–Kier alpha value is -3.38. The molecule has 2 aromatic carbocycles. The maximum Gasteiger partial charge on any atom is 0.338 e. The van der Waals surface area contributed by atoms with Crippen LogP contribution in [0.4, 0.5) is 4.79 Å². The molecule has 1 unspecified atom stereocenters. The molecule has 2 aliphatic rings. The number of benzene rings is 2. The number of aryl methyl sites for hydroxylation is 1. The van der Waals surface area contributed by atoms with Crippen LogP contribution in [0.25, 0.3) is 5.57 Å². The largest absolute Gasteiger partial charge is 0.466 e. The smallest absolute Gasteiger partial charge is 0.338 e. The van der Waals surface area contributed by atoms with Gasteiger partial charge in [-0.05, 0) is 35.1 Å². The number of rotatable bonds is 6. The Morgan fingerprint density at radius 1 is 1.12 bits per heavy atom. The van der Waals surface area contributed by atoms with Crippen molar-refractivity contribution in [3.05, 3.63) is 88.6 Å². The van der Waals surface area contributed by atoms with Gasteiger partial charge in [0.1, 0.15) is 0 Å². The van der Waals surface area contributed by atoms with Gasteiger partial charge in [0.15, 0.2) is 0 Å². The summed E-state index contributed by atoms with van der Waals surface area (Å²) in [5.74, 6) is -0.436. The van der Waals surface area contributed by atoms with E-state index in [1.165, 1.54) is 23.8 Å². The van der Waals surface area contributed by atoms with Crippen molar-refractivity contribution >= 4 is 17.6 Å². The lowest BCUT2D eigenvalue weighted by Gasteiger charge is -2.33. The van der Waals surface area contributed by atoms with E-state index in [9.17, 15) is 9.59 Å². The molecule has 0 fully saturated rings. The molecule has 32 heavy (non-hydrogen) atoms. The number of nitrogens with zero attached hydrogens (tertiary/aromatic N) is 1. The second kappa shape index (κ2) is 9.83. The van der Waals surface area contributed by atoms with Gasteiger partial charge in [0, 0.05) is 25.3 Å². The van der Waals surface area contributed by atoms with Crippen molar-refractivity contribution in [2.45, 2.75) is 25.8 Å². The van der Waals surface area contributed by atoms with Gasteiger partial charge in [0.2, 0.25) is 0 Å². The van der Waals surface area contributed by atoms with Crippen molar-refractivity contribution in [3.8, 4) is 0 Å². The zero-order valence-electron chi connectivity index (χ0n) is 18.6. The Morgan fingerprint density at radius 3 is 2.50 bits per heavy atom. The van der Waals surface area contributed by atoms with E-state index in [1.54, 1.807) is 0 Å². The summed E-state index contributed by atoms with van der Waals surface area (Å²) in [5, 5.41) is 5.75. The molecule has 2 N–H and O–H groups in total. The average Bonchev–Trinajstić information content (AvgIpc) is 2.84. The summed E-state index contributed by atoms with van der Waals surface area (Å²) in [5.41, 5.74) is 5.68. The van der Waals surface area contributed by atoms with Crippen LogP contribution in [0.2, 0.25) is 0 Å². The lowest BCUT2D eigenvalue weighted by atomic mass is 9.93. The number of hydrogen-bond acceptors (Lipinski definition) is 4. The van der Waals surface area contributed by atoms with Crippen LogP contribution in [0.15, 0.2) is 71.9 Å². The Morgan fingerprint density at radius 2 is 1.88 bits per heavy atom. The second-order valence-corrected chi connectivity index (χ2v) is 8.09. The van der Waals surface area contributed by atoms with Gasteiger partial charge in [-0.2, -0.15) is 0 Å². The fourth-order valence-corrected chi connectivity index (χ4v) is 4.28. The van der Waals surface area contributed by atoms with Gasteiger partial charge in [0.05, 0.1) is 18.7 Å². The van der Waals surface area contributed by atoms with E-state index in [-0.39, 0.29) is 6.03 Å². The minimum atomic E-state index is -0.544. The fraction of sp³-hybridized carbons (Fsp3) is 0.308. The molecule has 166 valence electrons. The minimum Gasteiger partial charge on any atom is -0.466 e. The molecular weight excluding hydrogens is 402 g/mol. The fourth-order valence-electron chi connectivity index (χ4n) is 4.28. The van der Waals surface area contributed by atoms with E-state index >= 15 is 0 Å². The first-order valence-electron chi connectivity index (χ1n) is 11.0. The first-order chi connectivity index (χ1) is 15.6. The van der Waals surface area contributed by atoms with E-state index in [4.69, 9.17) is 4.74 Å². The van der Waals surface area contributed by atoms with Gasteiger partial charge in [0.25, 0.3) is 0 Å². The molecular formula is C26H29N3O3. The van der Waals surface area contributed by atoms with Crippen LogP contribution in [0.5, 0.6) is 0 Å². The predicted octanol–water partition coefficient (Wildman–Crippen LogP) is 3.82. The highest BCUT2D eigenvalue weighted by Crippen LogP contribution is 2.29. The maximum atomic E-state index is 12.8. The number of amides is 2. The molecule has 2 aromatic rings. The topological polar surface area (TPSA) is 70.7 Å². The Bertz CT molecular complexity index is 1040. The van der Waals surface area contributed by atoms with Crippen molar-refractivity contribution in [2.24, 2.45) is 0 Å². The first kappa shape index (κ1) is 21.8. The third-order valence-corrected chi connectivity index (χ3v) is 6.10. The van der Waals surface area contributed by atoms with Crippen molar-refractivity contribution in [2.75, 3.05) is 26.7 Å². The molecule has 0 spiro atoms. The van der Waals surface area contributed by atoms with Crippen molar-refractivity contribution in [3.63, 3.8) is 0 Å². The molecule has 0 aromatic heterocycles. The van der Waals surface area contributed by atoms with Crippen LogP contribution < -0.4 is 10.6 Å². The number of methoxy groups -OCH3 is 1. The summed E-state index contributed by atoms with van der Waals surface area (Å²) in [6.07, 6.45) is 4.07. The van der Waals surface area contributed by atoms with E-state index in [1.807, 2.05) is 42.5 Å². The molecule has 6 nitrogen and oxygen atoms in total. The summed E-state index contributed by atoms with van der Waals surface area (Å²) in [6.45, 7) is 4.16. The van der Waals surface area contributed by atoms with Gasteiger partial charge in [-0.25, -0.2) is 9.59 Å². The second-order valence-electron chi connectivity index (χ2n) is 8.09. The molecule has 2 aliphatic heterocycles. The molecule has 0 radical (unpaired) electrons. The number of carbonyl (C=O) groups is 2. The van der Waals surface area contributed by atoms with Crippen molar-refractivity contribution in [1.82, 2.24) is 15.5 Å². The molecule has 1 atom stereocenters. The van der Waals surface area contributed by atoms with Crippen molar-refractivity contribution < 1.29 is 14.3 Å². The van der Waals surface area contributed by atoms with Crippen LogP contribution in [0.1, 0.15) is 36.1 Å². The molecule has 6 heteroatoms. The lowest BCUT2D eigenvalue weighted by Crippen LogP contribution is -2.48. The lowest BCUT2D eigenvalue weighted by molar-refractivity contribution is -0.136. The minimum absolute atomic E-state index is 0.310. The average molecular weight is 432 g/mol. The maximum absolute atomic E-state index is 12.8. The van der Waals surface area contributed by atoms with E-state index < -0.39 is 12.0 Å². The summed E-state index contributed by atoms with van der Waals surface area (Å²) >= 11 is 0. The third-order valence-electron chi connectivity index (χ3n) is 6.10. The molecule has 0 aliphatic carbocycles. The zero-order chi connectivity index (χ0) is 22.5. The number of esters is 1. The molecule has 4 rings (SSSR count). The van der Waals surface area contributed by atoms with E-state index in [2.05, 4.69) is 40.7 Å². The number of nitrogens with one attached hydrogen (secondary N) is 2. The number of ether oxygens (including phenoxy) is 1. The zero-order valence-corrected chi connectivity index (χ0v) is 18.6. The number of carbonyl (C=O) groups excluding carboxylic acids is 2. The van der Waals surface area contributed by atoms with E-state index in [0.29, 0.717) is 17.8 Å².